The zero-order chi connectivity index (χ0) is 16.6. The van der Waals surface area contributed by atoms with Gasteiger partial charge in [0.25, 0.3) is 5.91 Å². The number of aromatic nitrogens is 2. The summed E-state index contributed by atoms with van der Waals surface area (Å²) in [5.74, 6) is -2.83. The van der Waals surface area contributed by atoms with Crippen LogP contribution in [0.2, 0.25) is 0 Å². The molecular weight excluding hydrogens is 311 g/mol. The third kappa shape index (κ3) is 2.90. The van der Waals surface area contributed by atoms with E-state index in [-0.39, 0.29) is 25.3 Å². The van der Waals surface area contributed by atoms with Gasteiger partial charge >= 0.3 is 6.18 Å². The van der Waals surface area contributed by atoms with Crippen molar-refractivity contribution in [3.05, 3.63) is 36.4 Å². The van der Waals surface area contributed by atoms with Crippen LogP contribution in [0.3, 0.4) is 0 Å². The van der Waals surface area contributed by atoms with Gasteiger partial charge < -0.3 is 10.0 Å². The van der Waals surface area contributed by atoms with Gasteiger partial charge in [0.15, 0.2) is 0 Å². The van der Waals surface area contributed by atoms with Gasteiger partial charge in [-0.15, -0.1) is 0 Å². The van der Waals surface area contributed by atoms with Crippen molar-refractivity contribution in [2.45, 2.75) is 12.6 Å². The van der Waals surface area contributed by atoms with E-state index in [0.29, 0.717) is 0 Å². The second-order valence-electron chi connectivity index (χ2n) is 5.71. The number of nitrogens with zero attached hydrogens (tertiary/aromatic N) is 3. The van der Waals surface area contributed by atoms with Crippen LogP contribution in [0.4, 0.5) is 13.2 Å². The van der Waals surface area contributed by atoms with Crippen LogP contribution in [-0.2, 0) is 0 Å². The number of piperidine rings is 1. The molecule has 1 amide bonds. The zero-order valence-electron chi connectivity index (χ0n) is 12.2. The number of likely N-dealkylation sites (tertiary alicyclic amines) is 1. The number of hydrogen-bond acceptors (Lipinski definition) is 3. The van der Waals surface area contributed by atoms with Crippen LogP contribution >= 0.6 is 0 Å². The first-order chi connectivity index (χ1) is 10.9. The fourth-order valence-electron chi connectivity index (χ4n) is 3.08. The molecule has 23 heavy (non-hydrogen) atoms. The van der Waals surface area contributed by atoms with Gasteiger partial charge in [-0.25, -0.2) is 4.98 Å². The molecule has 2 unspecified atom stereocenters. The standard InChI is InChI=1S/C15H16F3N3O2/c16-15(17,18)12-4-6-20(8-10(12)9-22)14(23)13-19-7-11-3-1-2-5-21(11)13/h1-3,5,7,10,12,22H,4,6,8-9H2. The van der Waals surface area contributed by atoms with Crippen LogP contribution in [0, 0.1) is 11.8 Å². The molecule has 2 atom stereocenters. The number of halogens is 3. The van der Waals surface area contributed by atoms with Crippen LogP contribution in [0.5, 0.6) is 0 Å². The second-order valence-corrected chi connectivity index (χ2v) is 5.71. The Balaban J connectivity index is 1.82. The van der Waals surface area contributed by atoms with Crippen LogP contribution in [-0.4, -0.2) is 51.2 Å². The smallest absolute Gasteiger partial charge is 0.392 e. The summed E-state index contributed by atoms with van der Waals surface area (Å²) >= 11 is 0. The lowest BCUT2D eigenvalue weighted by Crippen LogP contribution is -2.49. The Morgan fingerprint density at radius 1 is 1.39 bits per heavy atom. The maximum atomic E-state index is 13.0. The first kappa shape index (κ1) is 15.8. The quantitative estimate of drug-likeness (QED) is 0.917. The first-order valence-electron chi connectivity index (χ1n) is 7.30. The third-order valence-electron chi connectivity index (χ3n) is 4.31. The number of rotatable bonds is 2. The Labute approximate surface area is 130 Å². The molecule has 1 aliphatic rings. The van der Waals surface area contributed by atoms with Crippen LogP contribution in [0.15, 0.2) is 30.6 Å². The van der Waals surface area contributed by atoms with E-state index < -0.39 is 30.5 Å². The Kier molecular flexibility index (Phi) is 4.01. The zero-order valence-corrected chi connectivity index (χ0v) is 12.2. The fraction of sp³-hybridized carbons (Fsp3) is 0.467. The highest BCUT2D eigenvalue weighted by atomic mass is 19.4. The summed E-state index contributed by atoms with van der Waals surface area (Å²) in [5.41, 5.74) is 0.736. The molecule has 0 saturated carbocycles. The number of carbonyl (C=O) groups is 1. The summed E-state index contributed by atoms with van der Waals surface area (Å²) in [6.07, 6.45) is -1.34. The SMILES string of the molecule is O=C(c1ncc2ccccn12)N1CCC(C(F)(F)F)C(CO)C1. The monoisotopic (exact) mass is 327 g/mol. The van der Waals surface area contributed by atoms with Gasteiger partial charge in [0.05, 0.1) is 17.6 Å². The van der Waals surface area contributed by atoms with Crippen molar-refractivity contribution in [3.63, 3.8) is 0 Å². The van der Waals surface area contributed by atoms with E-state index in [9.17, 15) is 23.1 Å². The highest BCUT2D eigenvalue weighted by Crippen LogP contribution is 2.37. The normalized spacial score (nSPS) is 22.5. The highest BCUT2D eigenvalue weighted by molar-refractivity contribution is 5.92. The predicted octanol–water partition coefficient (Wildman–Crippen LogP) is 1.97. The van der Waals surface area contributed by atoms with Crippen molar-refractivity contribution in [1.29, 1.82) is 0 Å². The van der Waals surface area contributed by atoms with Crippen molar-refractivity contribution in [3.8, 4) is 0 Å². The van der Waals surface area contributed by atoms with E-state index in [1.54, 1.807) is 28.9 Å². The number of alkyl halides is 3. The van der Waals surface area contributed by atoms with Gasteiger partial charge in [-0.1, -0.05) is 6.07 Å². The average Bonchev–Trinajstić information content (AvgIpc) is 2.96. The summed E-state index contributed by atoms with van der Waals surface area (Å²) < 4.78 is 40.5. The largest absolute Gasteiger partial charge is 0.396 e. The van der Waals surface area contributed by atoms with Crippen LogP contribution < -0.4 is 0 Å². The Morgan fingerprint density at radius 3 is 2.87 bits per heavy atom. The molecule has 1 N–H and O–H groups in total. The van der Waals surface area contributed by atoms with Gasteiger partial charge in [0.1, 0.15) is 0 Å². The van der Waals surface area contributed by atoms with E-state index >= 15 is 0 Å². The Morgan fingerprint density at radius 2 is 2.17 bits per heavy atom. The molecule has 0 bridgehead atoms. The van der Waals surface area contributed by atoms with Crippen LogP contribution in [0.25, 0.3) is 5.52 Å². The minimum Gasteiger partial charge on any atom is -0.396 e. The van der Waals surface area contributed by atoms with Crippen molar-refractivity contribution in [2.75, 3.05) is 19.7 Å². The van der Waals surface area contributed by atoms with Crippen molar-refractivity contribution < 1.29 is 23.1 Å². The highest BCUT2D eigenvalue weighted by Gasteiger charge is 2.47. The molecule has 5 nitrogen and oxygen atoms in total. The van der Waals surface area contributed by atoms with E-state index in [4.69, 9.17) is 0 Å². The number of hydrogen-bond donors (Lipinski definition) is 1. The topological polar surface area (TPSA) is 57.8 Å². The summed E-state index contributed by atoms with van der Waals surface area (Å²) in [6.45, 7) is -0.723. The number of aliphatic hydroxyl groups is 1. The minimum atomic E-state index is -4.36. The lowest BCUT2D eigenvalue weighted by molar-refractivity contribution is -0.202. The molecule has 1 aliphatic heterocycles. The first-order valence-corrected chi connectivity index (χ1v) is 7.30. The minimum absolute atomic E-state index is 0.00125. The molecule has 124 valence electrons. The lowest BCUT2D eigenvalue weighted by Gasteiger charge is -2.38. The maximum Gasteiger partial charge on any atom is 0.392 e. The van der Waals surface area contributed by atoms with Crippen molar-refractivity contribution >= 4 is 11.4 Å². The average molecular weight is 327 g/mol. The summed E-state index contributed by atoms with van der Waals surface area (Å²) in [6, 6.07) is 5.34. The van der Waals surface area contributed by atoms with E-state index in [1.165, 1.54) is 4.90 Å². The molecule has 1 saturated heterocycles. The molecule has 1 fully saturated rings. The predicted molar refractivity (Wildman–Crippen MR) is 75.8 cm³/mol. The van der Waals surface area contributed by atoms with Gasteiger partial charge in [-0.05, 0) is 18.6 Å². The molecule has 0 spiro atoms. The maximum absolute atomic E-state index is 13.0. The molecule has 2 aromatic heterocycles. The van der Waals surface area contributed by atoms with Gasteiger partial charge in [-0.2, -0.15) is 13.2 Å². The third-order valence-corrected chi connectivity index (χ3v) is 4.31. The van der Waals surface area contributed by atoms with E-state index in [2.05, 4.69) is 4.98 Å². The molecule has 3 rings (SSSR count). The number of pyridine rings is 1. The second kappa shape index (κ2) is 5.84. The summed E-state index contributed by atoms with van der Waals surface area (Å²) in [4.78, 5) is 18.0. The molecule has 2 aromatic rings. The number of amides is 1. The Hall–Kier alpha value is -2.09. The molecule has 0 aliphatic carbocycles. The fourth-order valence-corrected chi connectivity index (χ4v) is 3.08. The van der Waals surface area contributed by atoms with Crippen molar-refractivity contribution in [2.24, 2.45) is 11.8 Å². The van der Waals surface area contributed by atoms with Gasteiger partial charge in [0.2, 0.25) is 5.82 Å². The number of carbonyl (C=O) groups excluding carboxylic acids is 1. The molecule has 0 radical (unpaired) electrons. The number of aliphatic hydroxyl groups excluding tert-OH is 1. The molecule has 8 heteroatoms. The molecule has 0 aromatic carbocycles. The van der Waals surface area contributed by atoms with E-state index in [0.717, 1.165) is 5.52 Å². The molecule has 3 heterocycles. The number of imidazole rings is 1. The van der Waals surface area contributed by atoms with Gasteiger partial charge in [-0.3, -0.25) is 9.20 Å². The van der Waals surface area contributed by atoms with Crippen molar-refractivity contribution in [1.82, 2.24) is 14.3 Å². The molecular formula is C15H16F3N3O2. The van der Waals surface area contributed by atoms with Crippen LogP contribution in [0.1, 0.15) is 17.0 Å². The summed E-state index contributed by atoms with van der Waals surface area (Å²) in [7, 11) is 0. The Bertz CT molecular complexity index is 713. The van der Waals surface area contributed by atoms with Gasteiger partial charge in [0, 0.05) is 31.8 Å². The van der Waals surface area contributed by atoms with E-state index in [1.807, 2.05) is 6.07 Å². The number of fused-ring (bicyclic) bond motifs is 1. The lowest BCUT2D eigenvalue weighted by atomic mass is 9.85. The summed E-state index contributed by atoms with van der Waals surface area (Å²) in [5, 5.41) is 9.27.